The molecule has 4 rings (SSSR count). The van der Waals surface area contributed by atoms with Crippen molar-refractivity contribution in [2.75, 3.05) is 0 Å². The van der Waals surface area contributed by atoms with Gasteiger partial charge < -0.3 is 9.72 Å². The van der Waals surface area contributed by atoms with Crippen LogP contribution in [0.15, 0.2) is 72.9 Å². The van der Waals surface area contributed by atoms with Crippen molar-refractivity contribution < 1.29 is 4.74 Å². The molecule has 1 N–H and O–H groups in total. The van der Waals surface area contributed by atoms with Crippen LogP contribution in [0.5, 0.6) is 5.75 Å². The van der Waals surface area contributed by atoms with Gasteiger partial charge in [0.15, 0.2) is 5.65 Å². The summed E-state index contributed by atoms with van der Waals surface area (Å²) in [6.45, 7) is 0.390. The first-order valence-corrected chi connectivity index (χ1v) is 7.46. The van der Waals surface area contributed by atoms with Gasteiger partial charge in [0.2, 0.25) is 0 Å². The third-order valence-electron chi connectivity index (χ3n) is 3.61. The monoisotopic (exact) mass is 301 g/mol. The summed E-state index contributed by atoms with van der Waals surface area (Å²) >= 11 is 0. The summed E-state index contributed by atoms with van der Waals surface area (Å²) in [4.78, 5) is 12.2. The quantitative estimate of drug-likeness (QED) is 0.614. The van der Waals surface area contributed by atoms with Crippen LogP contribution in [0, 0.1) is 0 Å². The fourth-order valence-electron chi connectivity index (χ4n) is 2.47. The molecule has 0 unspecified atom stereocenters. The summed E-state index contributed by atoms with van der Waals surface area (Å²) in [5.41, 5.74) is 3.81. The van der Waals surface area contributed by atoms with Crippen molar-refractivity contribution >= 4 is 11.2 Å². The summed E-state index contributed by atoms with van der Waals surface area (Å²) in [7, 11) is 0. The molecule has 0 amide bonds. The molecule has 0 fully saturated rings. The number of fused-ring (bicyclic) bond motifs is 1. The van der Waals surface area contributed by atoms with E-state index in [0.717, 1.165) is 33.9 Å². The molecule has 0 atom stereocenters. The minimum atomic E-state index is 0.390. The predicted octanol–water partition coefficient (Wildman–Crippen LogP) is 4.20. The Hall–Kier alpha value is -3.14. The first kappa shape index (κ1) is 13.5. The van der Waals surface area contributed by atoms with E-state index in [1.807, 2.05) is 60.8 Å². The van der Waals surface area contributed by atoms with Gasteiger partial charge in [0, 0.05) is 11.8 Å². The maximum absolute atomic E-state index is 5.71. The standard InChI is InChI=1S/C19H15N3O/c1-3-7-14(8-4-1)15-11-17-19(20-12-15)22-18(21-17)13-23-16-9-5-2-6-10-16/h1-12H,13H2,(H,20,21,22). The van der Waals surface area contributed by atoms with Gasteiger partial charge in [-0.05, 0) is 23.8 Å². The molecular weight excluding hydrogens is 286 g/mol. The fourth-order valence-corrected chi connectivity index (χ4v) is 2.47. The summed E-state index contributed by atoms with van der Waals surface area (Å²) in [6.07, 6.45) is 1.86. The molecule has 0 radical (unpaired) electrons. The van der Waals surface area contributed by atoms with Crippen LogP contribution in [-0.2, 0) is 6.61 Å². The smallest absolute Gasteiger partial charge is 0.157 e. The first-order chi connectivity index (χ1) is 11.4. The van der Waals surface area contributed by atoms with Gasteiger partial charge in [-0.3, -0.25) is 0 Å². The van der Waals surface area contributed by atoms with Crippen LogP contribution < -0.4 is 4.74 Å². The number of imidazole rings is 1. The molecule has 0 saturated heterocycles. The second-order valence-electron chi connectivity index (χ2n) is 5.24. The molecule has 0 bridgehead atoms. The fraction of sp³-hybridized carbons (Fsp3) is 0.0526. The largest absolute Gasteiger partial charge is 0.486 e. The van der Waals surface area contributed by atoms with Gasteiger partial charge in [0.05, 0.1) is 0 Å². The highest BCUT2D eigenvalue weighted by Crippen LogP contribution is 2.21. The Morgan fingerprint density at radius 2 is 1.61 bits per heavy atom. The first-order valence-electron chi connectivity index (χ1n) is 7.46. The Morgan fingerprint density at radius 1 is 0.870 bits per heavy atom. The number of hydrogen-bond donors (Lipinski definition) is 1. The van der Waals surface area contributed by atoms with Crippen molar-refractivity contribution in [3.63, 3.8) is 0 Å². The van der Waals surface area contributed by atoms with Gasteiger partial charge >= 0.3 is 0 Å². The maximum Gasteiger partial charge on any atom is 0.157 e. The number of ether oxygens (including phenoxy) is 1. The summed E-state index contributed by atoms with van der Waals surface area (Å²) in [6, 6.07) is 21.9. The molecule has 23 heavy (non-hydrogen) atoms. The Kier molecular flexibility index (Phi) is 3.48. The number of hydrogen-bond acceptors (Lipinski definition) is 3. The van der Waals surface area contributed by atoms with Crippen molar-refractivity contribution in [1.29, 1.82) is 0 Å². The predicted molar refractivity (Wildman–Crippen MR) is 90.1 cm³/mol. The van der Waals surface area contributed by atoms with E-state index in [1.165, 1.54) is 0 Å². The molecule has 2 aromatic heterocycles. The molecular formula is C19H15N3O. The van der Waals surface area contributed by atoms with Crippen LogP contribution >= 0.6 is 0 Å². The highest BCUT2D eigenvalue weighted by atomic mass is 16.5. The van der Waals surface area contributed by atoms with Gasteiger partial charge in [-0.2, -0.15) is 0 Å². The average molecular weight is 301 g/mol. The average Bonchev–Trinajstić information content (AvgIpc) is 3.04. The van der Waals surface area contributed by atoms with E-state index in [-0.39, 0.29) is 0 Å². The van der Waals surface area contributed by atoms with E-state index in [9.17, 15) is 0 Å². The lowest BCUT2D eigenvalue weighted by Crippen LogP contribution is -1.96. The Morgan fingerprint density at radius 3 is 2.39 bits per heavy atom. The number of para-hydroxylation sites is 1. The molecule has 0 spiro atoms. The lowest BCUT2D eigenvalue weighted by molar-refractivity contribution is 0.297. The SMILES string of the molecule is c1ccc(OCc2nc3cc(-c4ccccc4)cnc3[nH]2)cc1. The number of aromatic nitrogens is 3. The third kappa shape index (κ3) is 2.92. The Balaban J connectivity index is 1.58. The van der Waals surface area contributed by atoms with Crippen molar-refractivity contribution in [2.24, 2.45) is 0 Å². The van der Waals surface area contributed by atoms with Crippen molar-refractivity contribution in [2.45, 2.75) is 6.61 Å². The molecule has 0 aliphatic heterocycles. The van der Waals surface area contributed by atoms with Crippen molar-refractivity contribution in [3.05, 3.63) is 78.8 Å². The van der Waals surface area contributed by atoms with Crippen molar-refractivity contribution in [1.82, 2.24) is 15.0 Å². The minimum absolute atomic E-state index is 0.390. The normalized spacial score (nSPS) is 10.8. The Bertz CT molecular complexity index is 917. The number of aromatic amines is 1. The zero-order valence-electron chi connectivity index (χ0n) is 12.4. The summed E-state index contributed by atoms with van der Waals surface area (Å²) in [5.74, 6) is 1.59. The molecule has 0 aliphatic rings. The number of benzene rings is 2. The van der Waals surface area contributed by atoms with Crippen LogP contribution in [0.25, 0.3) is 22.3 Å². The molecule has 112 valence electrons. The van der Waals surface area contributed by atoms with E-state index >= 15 is 0 Å². The number of nitrogens with one attached hydrogen (secondary N) is 1. The zero-order chi connectivity index (χ0) is 15.5. The molecule has 4 heteroatoms. The topological polar surface area (TPSA) is 50.8 Å². The third-order valence-corrected chi connectivity index (χ3v) is 3.61. The van der Waals surface area contributed by atoms with Crippen LogP contribution in [0.2, 0.25) is 0 Å². The van der Waals surface area contributed by atoms with Crippen molar-refractivity contribution in [3.8, 4) is 16.9 Å². The highest BCUT2D eigenvalue weighted by molar-refractivity contribution is 5.77. The molecule has 2 heterocycles. The van der Waals surface area contributed by atoms with Gasteiger partial charge in [0.25, 0.3) is 0 Å². The van der Waals surface area contributed by atoms with Crippen LogP contribution in [0.4, 0.5) is 0 Å². The molecule has 0 saturated carbocycles. The van der Waals surface area contributed by atoms with Gasteiger partial charge in [-0.15, -0.1) is 0 Å². The van der Waals surface area contributed by atoms with E-state index in [1.54, 1.807) is 0 Å². The van der Waals surface area contributed by atoms with Crippen LogP contribution in [-0.4, -0.2) is 15.0 Å². The van der Waals surface area contributed by atoms with E-state index < -0.39 is 0 Å². The molecule has 4 aromatic rings. The zero-order valence-corrected chi connectivity index (χ0v) is 12.4. The lowest BCUT2D eigenvalue weighted by atomic mass is 10.1. The summed E-state index contributed by atoms with van der Waals surface area (Å²) < 4.78 is 5.71. The van der Waals surface area contributed by atoms with Gasteiger partial charge in [-0.1, -0.05) is 48.5 Å². The van der Waals surface area contributed by atoms with Crippen LogP contribution in [0.3, 0.4) is 0 Å². The number of rotatable bonds is 4. The van der Waals surface area contributed by atoms with Gasteiger partial charge in [0.1, 0.15) is 23.7 Å². The highest BCUT2D eigenvalue weighted by Gasteiger charge is 2.07. The summed E-state index contributed by atoms with van der Waals surface area (Å²) in [5, 5.41) is 0. The van der Waals surface area contributed by atoms with Gasteiger partial charge in [-0.25, -0.2) is 9.97 Å². The number of H-pyrrole nitrogens is 1. The van der Waals surface area contributed by atoms with Crippen LogP contribution in [0.1, 0.15) is 5.82 Å². The number of nitrogens with zero attached hydrogens (tertiary/aromatic N) is 2. The molecule has 4 nitrogen and oxygen atoms in total. The Labute approximate surface area is 133 Å². The van der Waals surface area contributed by atoms with E-state index in [4.69, 9.17) is 4.74 Å². The molecule has 2 aromatic carbocycles. The molecule has 0 aliphatic carbocycles. The maximum atomic E-state index is 5.71. The lowest BCUT2D eigenvalue weighted by Gasteiger charge is -2.02. The van der Waals surface area contributed by atoms with E-state index in [0.29, 0.717) is 6.61 Å². The minimum Gasteiger partial charge on any atom is -0.486 e. The second-order valence-corrected chi connectivity index (χ2v) is 5.24. The van der Waals surface area contributed by atoms with E-state index in [2.05, 4.69) is 27.1 Å². The second kappa shape index (κ2) is 5.93. The number of pyridine rings is 1.